The number of aromatic nitrogens is 2. The highest BCUT2D eigenvalue weighted by molar-refractivity contribution is 7.72. The summed E-state index contributed by atoms with van der Waals surface area (Å²) in [6, 6.07) is 9.37. The van der Waals surface area contributed by atoms with Crippen LogP contribution in [0.25, 0.3) is 0 Å². The van der Waals surface area contributed by atoms with E-state index in [-0.39, 0.29) is 32.8 Å². The number of carbonyl (C=O) groups excluding carboxylic acids is 1. The minimum atomic E-state index is -4.35. The van der Waals surface area contributed by atoms with Gasteiger partial charge in [-0.2, -0.15) is 21.6 Å². The third-order valence-corrected chi connectivity index (χ3v) is 5.76. The maximum Gasteiger partial charge on any atom is 0.417 e. The number of carbonyl (C=O) groups is 1. The number of halogens is 5. The van der Waals surface area contributed by atoms with E-state index in [4.69, 9.17) is 32.7 Å². The Labute approximate surface area is 245 Å². The Morgan fingerprint density at radius 2 is 1.71 bits per heavy atom. The summed E-state index contributed by atoms with van der Waals surface area (Å²) in [4.78, 5) is 20.3. The summed E-state index contributed by atoms with van der Waals surface area (Å²) in [5.74, 6) is 0.0466. The summed E-state index contributed by atoms with van der Waals surface area (Å²) in [6.07, 6.45) is -3.80. The Bertz CT molecular complexity index is 1510. The third-order valence-electron chi connectivity index (χ3n) is 4.65. The highest BCUT2D eigenvalue weighted by Gasteiger charge is 2.32. The Morgan fingerprint density at radius 1 is 1.05 bits per heavy atom. The van der Waals surface area contributed by atoms with Crippen molar-refractivity contribution < 1.29 is 41.0 Å². The summed E-state index contributed by atoms with van der Waals surface area (Å²) in [5, 5.41) is 15.4. The second-order valence-corrected chi connectivity index (χ2v) is 10.6. The molecule has 0 spiro atoms. The van der Waals surface area contributed by atoms with Crippen molar-refractivity contribution in [1.29, 1.82) is 0 Å². The summed E-state index contributed by atoms with van der Waals surface area (Å²) in [6.45, 7) is 5.13. The number of nitrogens with one attached hydrogen (secondary N) is 2. The fourth-order valence-corrected chi connectivity index (χ4v) is 3.75. The number of hydrogen-bond acceptors (Lipinski definition) is 8. The van der Waals surface area contributed by atoms with Crippen LogP contribution in [-0.4, -0.2) is 47.5 Å². The molecule has 0 saturated heterocycles. The van der Waals surface area contributed by atoms with E-state index in [1.165, 1.54) is 42.7 Å². The second kappa shape index (κ2) is 14.5. The van der Waals surface area contributed by atoms with E-state index in [9.17, 15) is 31.5 Å². The van der Waals surface area contributed by atoms with E-state index in [0.29, 0.717) is 0 Å². The van der Waals surface area contributed by atoms with Crippen molar-refractivity contribution in [3.05, 3.63) is 81.7 Å². The topological polar surface area (TPSA) is 140 Å². The van der Waals surface area contributed by atoms with Crippen LogP contribution in [0.2, 0.25) is 10.0 Å². The number of amides is 1. The first-order chi connectivity index (χ1) is 19.0. The van der Waals surface area contributed by atoms with Crippen LogP contribution < -0.4 is 10.6 Å². The van der Waals surface area contributed by atoms with Gasteiger partial charge in [-0.25, -0.2) is 9.78 Å². The van der Waals surface area contributed by atoms with Crippen molar-refractivity contribution in [2.45, 2.75) is 38.7 Å². The average molecular weight is 637 g/mol. The van der Waals surface area contributed by atoms with Crippen LogP contribution in [0.15, 0.2) is 54.9 Å². The SMILES string of the molecule is COC(Nc1cc(Cl)cnc1C(O)c1cccnc1NC(=O)OC(C)(C)C)=S(=O)=O.FC(F)(F)c1ccccc1Cl. The first-order valence-electron chi connectivity index (χ1n) is 11.4. The molecule has 0 fully saturated rings. The van der Waals surface area contributed by atoms with Crippen LogP contribution in [0.4, 0.5) is 29.5 Å². The summed E-state index contributed by atoms with van der Waals surface area (Å²) < 4.78 is 68.4. The van der Waals surface area contributed by atoms with Gasteiger partial charge in [0.1, 0.15) is 17.5 Å². The number of anilines is 2. The monoisotopic (exact) mass is 636 g/mol. The minimum Gasteiger partial charge on any atom is -0.444 e. The number of benzene rings is 1. The number of nitrogens with zero attached hydrogens (tertiary/aromatic N) is 2. The fourth-order valence-electron chi connectivity index (χ4n) is 3.02. The summed E-state index contributed by atoms with van der Waals surface area (Å²) in [7, 11) is -1.54. The van der Waals surface area contributed by atoms with E-state index in [1.54, 1.807) is 26.8 Å². The highest BCUT2D eigenvalue weighted by Crippen LogP contribution is 2.34. The summed E-state index contributed by atoms with van der Waals surface area (Å²) in [5.41, 5.74) is -1.21. The zero-order chi connectivity index (χ0) is 31.0. The van der Waals surface area contributed by atoms with Gasteiger partial charge in [-0.3, -0.25) is 10.3 Å². The highest BCUT2D eigenvalue weighted by atomic mass is 35.5. The molecule has 16 heteroatoms. The molecule has 0 aliphatic carbocycles. The number of ether oxygens (including phenoxy) is 2. The lowest BCUT2D eigenvalue weighted by molar-refractivity contribution is -0.137. The van der Waals surface area contributed by atoms with Crippen LogP contribution in [0.3, 0.4) is 0 Å². The van der Waals surface area contributed by atoms with E-state index in [1.807, 2.05) is 0 Å². The van der Waals surface area contributed by atoms with Crippen LogP contribution in [0.1, 0.15) is 43.7 Å². The van der Waals surface area contributed by atoms with Crippen molar-refractivity contribution in [2.75, 3.05) is 17.7 Å². The van der Waals surface area contributed by atoms with Gasteiger partial charge in [-0.15, -0.1) is 0 Å². The molecule has 0 saturated carbocycles. The quantitative estimate of drug-likeness (QED) is 0.297. The van der Waals surface area contributed by atoms with Gasteiger partial charge in [0.05, 0.1) is 27.0 Å². The van der Waals surface area contributed by atoms with E-state index in [2.05, 4.69) is 20.6 Å². The number of aliphatic hydroxyl groups excluding tert-OH is 1. The fraction of sp³-hybridized carbons (Fsp3) is 0.280. The molecule has 3 N–H and O–H groups in total. The molecular weight excluding hydrogens is 612 g/mol. The summed E-state index contributed by atoms with van der Waals surface area (Å²) >= 11 is 11.3. The number of aliphatic hydroxyl groups is 1. The Kier molecular flexibility index (Phi) is 11.9. The predicted molar refractivity (Wildman–Crippen MR) is 148 cm³/mol. The molecular formula is C25H25Cl2F3N4O6S. The lowest BCUT2D eigenvalue weighted by Gasteiger charge is -2.21. The Hall–Kier alpha value is -3.43. The van der Waals surface area contributed by atoms with E-state index >= 15 is 0 Å². The minimum absolute atomic E-state index is 0.0274. The molecule has 1 amide bonds. The van der Waals surface area contributed by atoms with E-state index in [0.717, 1.165) is 13.2 Å². The molecule has 1 unspecified atom stereocenters. The normalized spacial score (nSPS) is 12.0. The van der Waals surface area contributed by atoms with Crippen LogP contribution in [0, 0.1) is 0 Å². The number of hydrogen-bond donors (Lipinski definition) is 3. The molecule has 222 valence electrons. The molecule has 41 heavy (non-hydrogen) atoms. The van der Waals surface area contributed by atoms with Crippen molar-refractivity contribution in [3.8, 4) is 0 Å². The number of rotatable bonds is 4. The van der Waals surface area contributed by atoms with Gasteiger partial charge in [-0.05, 0) is 45.0 Å². The van der Waals surface area contributed by atoms with Gasteiger partial charge in [0.15, 0.2) is 0 Å². The molecule has 2 heterocycles. The first-order valence-corrected chi connectivity index (χ1v) is 13.2. The van der Waals surface area contributed by atoms with Crippen LogP contribution in [0.5, 0.6) is 0 Å². The largest absolute Gasteiger partial charge is 0.444 e. The van der Waals surface area contributed by atoms with Crippen LogP contribution >= 0.6 is 23.2 Å². The smallest absolute Gasteiger partial charge is 0.417 e. The van der Waals surface area contributed by atoms with Gasteiger partial charge in [0.25, 0.3) is 15.5 Å². The van der Waals surface area contributed by atoms with Crippen molar-refractivity contribution in [2.24, 2.45) is 0 Å². The molecule has 3 rings (SSSR count). The average Bonchev–Trinajstić information content (AvgIpc) is 2.86. The maximum absolute atomic E-state index is 12.1. The zero-order valence-electron chi connectivity index (χ0n) is 22.0. The van der Waals surface area contributed by atoms with Crippen molar-refractivity contribution >= 4 is 56.3 Å². The zero-order valence-corrected chi connectivity index (χ0v) is 24.3. The van der Waals surface area contributed by atoms with Gasteiger partial charge in [0.2, 0.25) is 0 Å². The van der Waals surface area contributed by atoms with Crippen molar-refractivity contribution in [1.82, 2.24) is 9.97 Å². The third kappa shape index (κ3) is 10.5. The Morgan fingerprint density at radius 3 is 2.24 bits per heavy atom. The lowest BCUT2D eigenvalue weighted by Crippen LogP contribution is -2.28. The molecule has 2 aromatic heterocycles. The second-order valence-electron chi connectivity index (χ2n) is 8.89. The number of pyridine rings is 2. The molecule has 3 aromatic rings. The van der Waals surface area contributed by atoms with Gasteiger partial charge in [0, 0.05) is 25.1 Å². The van der Waals surface area contributed by atoms with Gasteiger partial charge in [-0.1, -0.05) is 41.4 Å². The lowest BCUT2D eigenvalue weighted by atomic mass is 10.1. The Balaban J connectivity index is 0.000000446. The standard InChI is InChI=1S/C18H21ClN4O6S.C7H4ClF3/c1-18(2,3)29-16(25)23-15-11(6-5-7-20-15)14(24)13-12(8-10(19)9-21-13)22-17(28-4)30(26)27;8-6-4-2-1-3-5(6)7(9,10)11/h5-9,14,22,24H,1-4H3,(H,20,23,25);1-4H. The molecule has 1 aromatic carbocycles. The van der Waals surface area contributed by atoms with Crippen molar-refractivity contribution in [3.63, 3.8) is 0 Å². The van der Waals surface area contributed by atoms with Gasteiger partial charge >= 0.3 is 12.3 Å². The molecule has 0 aliphatic heterocycles. The number of alkyl halides is 3. The van der Waals surface area contributed by atoms with E-state index < -0.39 is 45.0 Å². The number of methoxy groups -OCH3 is 1. The first kappa shape index (κ1) is 33.8. The predicted octanol–water partition coefficient (Wildman–Crippen LogP) is 5.94. The van der Waals surface area contributed by atoms with Crippen LogP contribution in [-0.2, 0) is 25.9 Å². The molecule has 0 bridgehead atoms. The molecule has 0 aliphatic rings. The molecule has 10 nitrogen and oxygen atoms in total. The molecule has 0 radical (unpaired) electrons. The maximum atomic E-state index is 12.1. The molecule has 1 atom stereocenters. The van der Waals surface area contributed by atoms with Gasteiger partial charge < -0.3 is 19.9 Å².